The molecule has 1 aliphatic carbocycles. The number of allylic oxidation sites excluding steroid dienone is 1. The molecule has 14 heavy (non-hydrogen) atoms. The summed E-state index contributed by atoms with van der Waals surface area (Å²) in [6, 6.07) is 0. The molecule has 3 nitrogen and oxygen atoms in total. The lowest BCUT2D eigenvalue weighted by molar-refractivity contribution is -0.828. The van der Waals surface area contributed by atoms with Crippen LogP contribution in [0.25, 0.3) is 0 Å². The standard InChI is InChI=1S/C11H19NO2/c1-10-4-3-7-14-9-11(5-6-11)8-12(10,2)13/h1,3-9H2,2H3. The molecule has 0 bridgehead atoms. The molecule has 0 amide bonds. The zero-order valence-electron chi connectivity index (χ0n) is 8.92. The van der Waals surface area contributed by atoms with Crippen molar-refractivity contribution < 1.29 is 9.38 Å². The SMILES string of the molecule is C=C1CCCOCC2(CC2)C[N+]1(C)[O-]. The summed E-state index contributed by atoms with van der Waals surface area (Å²) in [4.78, 5) is 0. The van der Waals surface area contributed by atoms with Gasteiger partial charge < -0.3 is 14.6 Å². The molecule has 1 saturated heterocycles. The summed E-state index contributed by atoms with van der Waals surface area (Å²) in [5.41, 5.74) is 0.992. The Balaban J connectivity index is 2.10. The van der Waals surface area contributed by atoms with Gasteiger partial charge in [0.25, 0.3) is 0 Å². The van der Waals surface area contributed by atoms with Crippen LogP contribution >= 0.6 is 0 Å². The second-order valence-corrected chi connectivity index (χ2v) is 4.98. The molecule has 0 radical (unpaired) electrons. The maximum absolute atomic E-state index is 12.2. The van der Waals surface area contributed by atoms with Gasteiger partial charge in [0.1, 0.15) is 5.70 Å². The highest BCUT2D eigenvalue weighted by Crippen LogP contribution is 2.48. The Kier molecular flexibility index (Phi) is 2.41. The third-order valence-electron chi connectivity index (χ3n) is 3.43. The molecule has 0 N–H and O–H groups in total. The maximum Gasteiger partial charge on any atom is 0.101 e. The van der Waals surface area contributed by atoms with E-state index in [0.29, 0.717) is 6.54 Å². The fraction of sp³-hybridized carbons (Fsp3) is 0.818. The van der Waals surface area contributed by atoms with Gasteiger partial charge >= 0.3 is 0 Å². The summed E-state index contributed by atoms with van der Waals surface area (Å²) in [5.74, 6) is 0. The van der Waals surface area contributed by atoms with Gasteiger partial charge in [0, 0.05) is 18.4 Å². The number of hydrogen-bond donors (Lipinski definition) is 0. The summed E-state index contributed by atoms with van der Waals surface area (Å²) in [7, 11) is 1.73. The first-order chi connectivity index (χ1) is 6.54. The van der Waals surface area contributed by atoms with Gasteiger partial charge in [0.15, 0.2) is 0 Å². The highest BCUT2D eigenvalue weighted by atomic mass is 16.5. The van der Waals surface area contributed by atoms with Gasteiger partial charge in [-0.05, 0) is 25.8 Å². The lowest BCUT2D eigenvalue weighted by Gasteiger charge is -2.41. The van der Waals surface area contributed by atoms with Crippen molar-refractivity contribution in [3.63, 3.8) is 0 Å². The van der Waals surface area contributed by atoms with Crippen molar-refractivity contribution in [1.82, 2.24) is 0 Å². The van der Waals surface area contributed by atoms with Gasteiger partial charge in [-0.3, -0.25) is 0 Å². The van der Waals surface area contributed by atoms with E-state index in [1.54, 1.807) is 7.05 Å². The summed E-state index contributed by atoms with van der Waals surface area (Å²) in [6.45, 7) is 6.12. The zero-order chi connectivity index (χ0) is 10.2. The minimum absolute atomic E-state index is 0.184. The molecule has 0 aromatic carbocycles. The third kappa shape index (κ3) is 2.00. The van der Waals surface area contributed by atoms with E-state index in [0.717, 1.165) is 44.6 Å². The Hall–Kier alpha value is -0.380. The van der Waals surface area contributed by atoms with Gasteiger partial charge in [-0.25, -0.2) is 0 Å². The first kappa shape index (κ1) is 10.1. The summed E-state index contributed by atoms with van der Waals surface area (Å²) in [6.07, 6.45) is 4.04. The number of quaternary nitrogens is 1. The van der Waals surface area contributed by atoms with Crippen LogP contribution < -0.4 is 0 Å². The number of nitrogens with zero attached hydrogens (tertiary/aromatic N) is 1. The molecule has 2 fully saturated rings. The van der Waals surface area contributed by atoms with Gasteiger partial charge in [0.05, 0.1) is 20.2 Å². The van der Waals surface area contributed by atoms with Crippen molar-refractivity contribution in [3.8, 4) is 0 Å². The lowest BCUT2D eigenvalue weighted by atomic mass is 10.1. The molecular weight excluding hydrogens is 178 g/mol. The average Bonchev–Trinajstić information content (AvgIpc) is 2.81. The van der Waals surface area contributed by atoms with Crippen molar-refractivity contribution >= 4 is 0 Å². The Morgan fingerprint density at radius 2 is 2.21 bits per heavy atom. The van der Waals surface area contributed by atoms with Crippen molar-refractivity contribution in [1.29, 1.82) is 0 Å². The second-order valence-electron chi connectivity index (χ2n) is 4.98. The predicted octanol–water partition coefficient (Wildman–Crippen LogP) is 2.04. The smallest absolute Gasteiger partial charge is 0.101 e. The average molecular weight is 197 g/mol. The van der Waals surface area contributed by atoms with E-state index >= 15 is 0 Å². The molecule has 1 unspecified atom stereocenters. The van der Waals surface area contributed by atoms with E-state index in [-0.39, 0.29) is 10.1 Å². The Morgan fingerprint density at radius 1 is 1.50 bits per heavy atom. The van der Waals surface area contributed by atoms with E-state index in [9.17, 15) is 5.21 Å². The Morgan fingerprint density at radius 3 is 2.86 bits per heavy atom. The summed E-state index contributed by atoms with van der Waals surface area (Å²) in [5, 5.41) is 12.2. The first-order valence-corrected chi connectivity index (χ1v) is 5.37. The molecular formula is C11H19NO2. The zero-order valence-corrected chi connectivity index (χ0v) is 8.92. The van der Waals surface area contributed by atoms with Crippen LogP contribution in [0.3, 0.4) is 0 Å². The van der Waals surface area contributed by atoms with Gasteiger partial charge in [-0.2, -0.15) is 0 Å². The van der Waals surface area contributed by atoms with Crippen LogP contribution in [0.5, 0.6) is 0 Å². The second kappa shape index (κ2) is 3.33. The van der Waals surface area contributed by atoms with Crippen LogP contribution in [-0.2, 0) is 4.74 Å². The van der Waals surface area contributed by atoms with Crippen LogP contribution in [0.1, 0.15) is 25.7 Å². The van der Waals surface area contributed by atoms with Crippen molar-refractivity contribution in [2.75, 3.05) is 26.8 Å². The van der Waals surface area contributed by atoms with E-state index in [2.05, 4.69) is 6.58 Å². The minimum Gasteiger partial charge on any atom is -0.628 e. The van der Waals surface area contributed by atoms with Gasteiger partial charge in [0.2, 0.25) is 0 Å². The molecule has 1 heterocycles. The molecule has 3 heteroatoms. The molecule has 0 aromatic rings. The highest BCUT2D eigenvalue weighted by molar-refractivity contribution is 4.96. The lowest BCUT2D eigenvalue weighted by Crippen LogP contribution is -2.42. The number of ether oxygens (including phenoxy) is 1. The van der Waals surface area contributed by atoms with E-state index in [1.807, 2.05) is 0 Å². The Bertz CT molecular complexity index is 244. The van der Waals surface area contributed by atoms with Crippen molar-refractivity contribution in [2.24, 2.45) is 5.41 Å². The quantitative estimate of drug-likeness (QED) is 0.439. The number of rotatable bonds is 0. The summed E-state index contributed by atoms with van der Waals surface area (Å²) < 4.78 is 5.32. The van der Waals surface area contributed by atoms with Gasteiger partial charge in [-0.15, -0.1) is 0 Å². The van der Waals surface area contributed by atoms with Gasteiger partial charge in [-0.1, -0.05) is 0 Å². The molecule has 2 aliphatic rings. The fourth-order valence-corrected chi connectivity index (χ4v) is 2.18. The third-order valence-corrected chi connectivity index (χ3v) is 3.43. The van der Waals surface area contributed by atoms with Crippen molar-refractivity contribution in [3.05, 3.63) is 17.5 Å². The molecule has 0 aromatic heterocycles. The fourth-order valence-electron chi connectivity index (χ4n) is 2.18. The summed E-state index contributed by atoms with van der Waals surface area (Å²) >= 11 is 0. The van der Waals surface area contributed by atoms with Crippen LogP contribution in [0, 0.1) is 10.6 Å². The van der Waals surface area contributed by atoms with Crippen LogP contribution in [-0.4, -0.2) is 31.5 Å². The first-order valence-electron chi connectivity index (χ1n) is 5.37. The Labute approximate surface area is 85.5 Å². The molecule has 1 saturated carbocycles. The van der Waals surface area contributed by atoms with Crippen LogP contribution in [0.4, 0.5) is 0 Å². The normalized spacial score (nSPS) is 37.4. The number of hydrogen-bond acceptors (Lipinski definition) is 2. The van der Waals surface area contributed by atoms with E-state index in [4.69, 9.17) is 4.74 Å². The number of hydroxylamine groups is 3. The molecule has 1 aliphatic heterocycles. The largest absolute Gasteiger partial charge is 0.628 e. The topological polar surface area (TPSA) is 32.3 Å². The molecule has 1 atom stereocenters. The molecule has 2 rings (SSSR count). The molecule has 1 spiro atoms. The van der Waals surface area contributed by atoms with E-state index < -0.39 is 0 Å². The highest BCUT2D eigenvalue weighted by Gasteiger charge is 2.48. The van der Waals surface area contributed by atoms with Crippen molar-refractivity contribution in [2.45, 2.75) is 25.7 Å². The van der Waals surface area contributed by atoms with Crippen LogP contribution in [0.15, 0.2) is 12.3 Å². The predicted molar refractivity (Wildman–Crippen MR) is 55.3 cm³/mol. The van der Waals surface area contributed by atoms with E-state index in [1.165, 1.54) is 0 Å². The monoisotopic (exact) mass is 197 g/mol. The minimum atomic E-state index is -0.261. The maximum atomic E-state index is 12.2. The van der Waals surface area contributed by atoms with Crippen LogP contribution in [0.2, 0.25) is 0 Å². The molecule has 80 valence electrons.